The van der Waals surface area contributed by atoms with Gasteiger partial charge in [-0.2, -0.15) is 0 Å². The van der Waals surface area contributed by atoms with E-state index in [0.717, 1.165) is 18.4 Å². The fourth-order valence-corrected chi connectivity index (χ4v) is 2.64. The highest BCUT2D eigenvalue weighted by Crippen LogP contribution is 2.15. The minimum absolute atomic E-state index is 0.0105. The summed E-state index contributed by atoms with van der Waals surface area (Å²) < 4.78 is 22.5. The first-order chi connectivity index (χ1) is 7.96. The second-order valence-corrected chi connectivity index (χ2v) is 6.49. The van der Waals surface area contributed by atoms with E-state index in [2.05, 4.69) is 12.3 Å². The maximum Gasteiger partial charge on any atom is 0.149 e. The van der Waals surface area contributed by atoms with Gasteiger partial charge in [0.1, 0.15) is 9.84 Å². The molecule has 1 aromatic carbocycles. The summed E-state index contributed by atoms with van der Waals surface area (Å²) in [6, 6.07) is 7.55. The first-order valence-corrected chi connectivity index (χ1v) is 7.75. The monoisotopic (exact) mass is 256 g/mol. The minimum atomic E-state index is -3.05. The number of hydrogen-bond acceptors (Lipinski definition) is 4. The lowest BCUT2D eigenvalue weighted by atomic mass is 10.0. The summed E-state index contributed by atoms with van der Waals surface area (Å²) in [6.07, 6.45) is 3.34. The predicted molar refractivity (Wildman–Crippen MR) is 70.2 cm³/mol. The Bertz CT molecular complexity index is 440. The maximum absolute atomic E-state index is 11.2. The Morgan fingerprint density at radius 3 is 2.29 bits per heavy atom. The third kappa shape index (κ3) is 4.85. The summed E-state index contributed by atoms with van der Waals surface area (Å²) in [4.78, 5) is 0. The Morgan fingerprint density at radius 1 is 1.29 bits per heavy atom. The van der Waals surface area contributed by atoms with Crippen molar-refractivity contribution in [2.45, 2.75) is 25.8 Å². The number of rotatable bonds is 6. The van der Waals surface area contributed by atoms with E-state index in [4.69, 9.17) is 5.84 Å². The number of nitrogens with one attached hydrogen (secondary N) is 1. The summed E-state index contributed by atoms with van der Waals surface area (Å²) in [5.74, 6) is 5.40. The number of nitrogens with two attached hydrogens (primary N) is 1. The molecule has 0 fully saturated rings. The Hall–Kier alpha value is -0.910. The van der Waals surface area contributed by atoms with E-state index in [1.807, 2.05) is 24.3 Å². The van der Waals surface area contributed by atoms with Crippen LogP contribution >= 0.6 is 0 Å². The van der Waals surface area contributed by atoms with E-state index in [0.29, 0.717) is 0 Å². The third-order valence-corrected chi connectivity index (χ3v) is 3.53. The number of sulfone groups is 1. The summed E-state index contributed by atoms with van der Waals surface area (Å²) in [6.45, 7) is 2.13. The van der Waals surface area contributed by atoms with Gasteiger partial charge in [0.05, 0.1) is 11.8 Å². The van der Waals surface area contributed by atoms with Crippen molar-refractivity contribution >= 4 is 9.84 Å². The fraction of sp³-hybridized carbons (Fsp3) is 0.500. The number of aryl methyl sites for hydroxylation is 1. The minimum Gasteiger partial charge on any atom is -0.271 e. The van der Waals surface area contributed by atoms with Gasteiger partial charge in [-0.15, -0.1) is 0 Å². The molecule has 1 aromatic rings. The van der Waals surface area contributed by atoms with Gasteiger partial charge in [0.2, 0.25) is 0 Å². The predicted octanol–water partition coefficient (Wildman–Crippen LogP) is 1.19. The van der Waals surface area contributed by atoms with Gasteiger partial charge in [0.15, 0.2) is 0 Å². The molecule has 17 heavy (non-hydrogen) atoms. The molecule has 0 heterocycles. The highest BCUT2D eigenvalue weighted by molar-refractivity contribution is 7.90. The third-order valence-electron chi connectivity index (χ3n) is 2.59. The number of hydrogen-bond donors (Lipinski definition) is 2. The Labute approximate surface area is 103 Å². The van der Waals surface area contributed by atoms with Crippen molar-refractivity contribution in [3.05, 3.63) is 35.4 Å². The molecule has 0 bridgehead atoms. The zero-order chi connectivity index (χ0) is 12.9. The van der Waals surface area contributed by atoms with Crippen LogP contribution in [0.15, 0.2) is 24.3 Å². The van der Waals surface area contributed by atoms with Gasteiger partial charge in [-0.1, -0.05) is 37.6 Å². The van der Waals surface area contributed by atoms with Gasteiger partial charge >= 0.3 is 0 Å². The Morgan fingerprint density at radius 2 is 1.88 bits per heavy atom. The first-order valence-electron chi connectivity index (χ1n) is 5.69. The van der Waals surface area contributed by atoms with Crippen molar-refractivity contribution in [3.8, 4) is 0 Å². The summed E-state index contributed by atoms with van der Waals surface area (Å²) in [5, 5.41) is 0. The fourth-order valence-electron chi connectivity index (χ4n) is 1.75. The van der Waals surface area contributed by atoms with Crippen LogP contribution in [0, 0.1) is 0 Å². The van der Waals surface area contributed by atoms with Crippen molar-refractivity contribution < 1.29 is 8.42 Å². The van der Waals surface area contributed by atoms with Crippen LogP contribution in [0.5, 0.6) is 0 Å². The van der Waals surface area contributed by atoms with Crippen LogP contribution in [-0.2, 0) is 16.3 Å². The van der Waals surface area contributed by atoms with Crippen LogP contribution in [0.2, 0.25) is 0 Å². The molecule has 96 valence electrons. The maximum atomic E-state index is 11.2. The highest BCUT2D eigenvalue weighted by atomic mass is 32.2. The van der Waals surface area contributed by atoms with Gasteiger partial charge < -0.3 is 0 Å². The highest BCUT2D eigenvalue weighted by Gasteiger charge is 2.15. The van der Waals surface area contributed by atoms with Gasteiger partial charge in [0, 0.05) is 6.26 Å². The second kappa shape index (κ2) is 6.14. The molecule has 0 amide bonds. The molecule has 1 unspecified atom stereocenters. The standard InChI is InChI=1S/C12H20N2O2S/c1-3-4-10-5-7-11(8-6-10)12(14-13)9-17(2,15)16/h5-8,12,14H,3-4,9,13H2,1-2H3. The van der Waals surface area contributed by atoms with Gasteiger partial charge in [0.25, 0.3) is 0 Å². The topological polar surface area (TPSA) is 72.2 Å². The van der Waals surface area contributed by atoms with Crippen LogP contribution in [0.1, 0.15) is 30.5 Å². The summed E-state index contributed by atoms with van der Waals surface area (Å²) in [5.41, 5.74) is 4.70. The molecule has 0 saturated carbocycles. The molecule has 0 aliphatic heterocycles. The molecule has 0 aromatic heterocycles. The molecular weight excluding hydrogens is 236 g/mol. The molecule has 0 spiro atoms. The molecule has 3 N–H and O–H groups in total. The lowest BCUT2D eigenvalue weighted by Crippen LogP contribution is -2.32. The van der Waals surface area contributed by atoms with E-state index in [-0.39, 0.29) is 11.8 Å². The number of benzene rings is 1. The molecule has 1 atom stereocenters. The molecule has 5 heteroatoms. The lowest BCUT2D eigenvalue weighted by Gasteiger charge is -2.15. The number of hydrazine groups is 1. The smallest absolute Gasteiger partial charge is 0.149 e. The van der Waals surface area contributed by atoms with Crippen molar-refractivity contribution in [1.82, 2.24) is 5.43 Å². The van der Waals surface area contributed by atoms with Crippen LogP contribution in [0.3, 0.4) is 0 Å². The van der Waals surface area contributed by atoms with Crippen LogP contribution in [0.25, 0.3) is 0 Å². The van der Waals surface area contributed by atoms with E-state index < -0.39 is 9.84 Å². The quantitative estimate of drug-likeness (QED) is 0.592. The molecular formula is C12H20N2O2S. The molecule has 4 nitrogen and oxygen atoms in total. The van der Waals surface area contributed by atoms with Crippen molar-refractivity contribution in [1.29, 1.82) is 0 Å². The van der Waals surface area contributed by atoms with E-state index >= 15 is 0 Å². The van der Waals surface area contributed by atoms with Crippen LogP contribution < -0.4 is 11.3 Å². The van der Waals surface area contributed by atoms with Crippen molar-refractivity contribution in [3.63, 3.8) is 0 Å². The largest absolute Gasteiger partial charge is 0.271 e. The molecule has 0 saturated heterocycles. The molecule has 0 radical (unpaired) electrons. The second-order valence-electron chi connectivity index (χ2n) is 4.30. The summed E-state index contributed by atoms with van der Waals surface area (Å²) in [7, 11) is -3.05. The molecule has 0 aliphatic rings. The van der Waals surface area contributed by atoms with E-state index in [1.165, 1.54) is 11.8 Å². The van der Waals surface area contributed by atoms with Gasteiger partial charge in [-0.05, 0) is 17.5 Å². The SMILES string of the molecule is CCCc1ccc(C(CS(C)(=O)=O)NN)cc1. The summed E-state index contributed by atoms with van der Waals surface area (Å²) >= 11 is 0. The average Bonchev–Trinajstić information content (AvgIpc) is 2.26. The zero-order valence-corrected chi connectivity index (χ0v) is 11.1. The van der Waals surface area contributed by atoms with Crippen LogP contribution in [0.4, 0.5) is 0 Å². The van der Waals surface area contributed by atoms with Crippen molar-refractivity contribution in [2.24, 2.45) is 5.84 Å². The zero-order valence-electron chi connectivity index (χ0n) is 10.3. The molecule has 0 aliphatic carbocycles. The Kier molecular flexibility index (Phi) is 5.11. The van der Waals surface area contributed by atoms with Crippen molar-refractivity contribution in [2.75, 3.05) is 12.0 Å². The molecule has 1 rings (SSSR count). The van der Waals surface area contributed by atoms with Crippen LogP contribution in [-0.4, -0.2) is 20.4 Å². The first kappa shape index (κ1) is 14.2. The van der Waals surface area contributed by atoms with E-state index in [1.54, 1.807) is 0 Å². The Balaban J connectivity index is 2.82. The van der Waals surface area contributed by atoms with Gasteiger partial charge in [-0.3, -0.25) is 11.3 Å². The van der Waals surface area contributed by atoms with Gasteiger partial charge in [-0.25, -0.2) is 8.42 Å². The lowest BCUT2D eigenvalue weighted by molar-refractivity contribution is 0.564. The van der Waals surface area contributed by atoms with E-state index in [9.17, 15) is 8.42 Å². The average molecular weight is 256 g/mol. The normalized spacial score (nSPS) is 13.6.